The van der Waals surface area contributed by atoms with E-state index < -0.39 is 124 Å². The Kier molecular flexibility index (Phi) is 56.5. The van der Waals surface area contributed by atoms with E-state index >= 15 is 0 Å². The van der Waals surface area contributed by atoms with Crippen LogP contribution in [0, 0.1) is 0 Å². The van der Waals surface area contributed by atoms with Gasteiger partial charge in [0.15, 0.2) is 18.9 Å². The fourth-order valence-corrected chi connectivity index (χ4v) is 13.6. The highest BCUT2D eigenvalue weighted by Crippen LogP contribution is 2.33. The summed E-state index contributed by atoms with van der Waals surface area (Å²) in [7, 11) is 0. The molecule has 17 atom stereocenters. The first-order chi connectivity index (χ1) is 48.8. The maximum atomic E-state index is 13.5. The number of nitrogens with one attached hydrogen (secondary N) is 1. The molecule has 0 saturated carbocycles. The number of carbonyl (C=O) groups excluding carboxylic acids is 1. The summed E-state index contributed by atoms with van der Waals surface area (Å²) in [6.07, 6.45) is 52.1. The van der Waals surface area contributed by atoms with Gasteiger partial charge >= 0.3 is 0 Å². The molecule has 1 amide bonds. The van der Waals surface area contributed by atoms with Gasteiger partial charge in [-0.05, 0) is 57.8 Å². The Morgan fingerprint density at radius 1 is 0.370 bits per heavy atom. The van der Waals surface area contributed by atoms with Gasteiger partial charge < -0.3 is 89.9 Å². The van der Waals surface area contributed by atoms with Crippen LogP contribution in [0.5, 0.6) is 0 Å². The van der Waals surface area contributed by atoms with Crippen molar-refractivity contribution in [3.8, 4) is 0 Å². The van der Waals surface area contributed by atoms with Crippen molar-refractivity contribution in [2.75, 3.05) is 26.4 Å². The Hall–Kier alpha value is -2.51. The molecule has 3 aliphatic rings. The zero-order valence-electron chi connectivity index (χ0n) is 62.4. The molecule has 0 spiro atoms. The van der Waals surface area contributed by atoms with Gasteiger partial charge in [0.2, 0.25) is 5.91 Å². The van der Waals surface area contributed by atoms with Crippen molar-refractivity contribution in [1.82, 2.24) is 5.32 Å². The van der Waals surface area contributed by atoms with Gasteiger partial charge in [0.05, 0.1) is 38.6 Å². The SMILES string of the molecule is CC/C=C\C/C=C\C/C=C\C/C=C\CCCCCCCCCCCCCCCCCCCCCCC(=O)NC(COC1OC(CO)C(OC2OC(CO)C(OC3OC(CO)C(O)C(O)C3O)C(O)C2O)C(O)C1O)C(O)/C=C/CCCCCCCCCCCCCCCCCCCCCC. The number of hydrogen-bond donors (Lipinski definition) is 12. The molecule has 100 heavy (non-hydrogen) atoms. The molecule has 12 N–H and O–H groups in total. The fraction of sp³-hybridized carbons (Fsp3) is 0.864. The Morgan fingerprint density at radius 2 is 0.690 bits per heavy atom. The number of unbranched alkanes of at least 4 members (excludes halogenated alkanes) is 40. The molecule has 0 radical (unpaired) electrons. The lowest BCUT2D eigenvalue weighted by atomic mass is 9.96. The number of aliphatic hydroxyl groups is 11. The van der Waals surface area contributed by atoms with Gasteiger partial charge in [0.1, 0.15) is 73.2 Å². The van der Waals surface area contributed by atoms with E-state index in [1.807, 2.05) is 6.08 Å². The van der Waals surface area contributed by atoms with E-state index in [4.69, 9.17) is 28.4 Å². The zero-order chi connectivity index (χ0) is 72.5. The van der Waals surface area contributed by atoms with Crippen LogP contribution in [0.2, 0.25) is 0 Å². The van der Waals surface area contributed by atoms with Crippen LogP contribution in [-0.2, 0) is 33.2 Å². The molecule has 0 aromatic rings. The number of carbonyl (C=O) groups is 1. The second-order valence-electron chi connectivity index (χ2n) is 28.9. The van der Waals surface area contributed by atoms with Crippen molar-refractivity contribution < 1.29 is 89.4 Å². The smallest absolute Gasteiger partial charge is 0.220 e. The third-order valence-corrected chi connectivity index (χ3v) is 20.1. The number of ether oxygens (including phenoxy) is 6. The second-order valence-corrected chi connectivity index (χ2v) is 28.9. The predicted molar refractivity (Wildman–Crippen MR) is 397 cm³/mol. The normalized spacial score (nSPS) is 26.8. The van der Waals surface area contributed by atoms with Crippen LogP contribution in [0.1, 0.15) is 316 Å². The van der Waals surface area contributed by atoms with Crippen LogP contribution in [0.25, 0.3) is 0 Å². The number of rotatable bonds is 64. The summed E-state index contributed by atoms with van der Waals surface area (Å²) in [4.78, 5) is 13.5. The first-order valence-electron chi connectivity index (χ1n) is 40.5. The van der Waals surface area contributed by atoms with Crippen molar-refractivity contribution in [3.63, 3.8) is 0 Å². The van der Waals surface area contributed by atoms with Crippen LogP contribution >= 0.6 is 0 Å². The molecule has 0 aromatic carbocycles. The minimum absolute atomic E-state index is 0.245. The molecule has 17 unspecified atom stereocenters. The highest BCUT2D eigenvalue weighted by molar-refractivity contribution is 5.76. The molecule has 19 heteroatoms. The standard InChI is InChI=1S/C81H147NO18/c1-3-5-7-9-11-13-15-17-19-21-23-25-27-28-29-30-31-32-33-34-35-36-37-39-41-43-45-47-49-51-53-55-57-59-69(87)82-64(65(86)58-56-54-52-50-48-46-44-42-40-38-26-24-22-20-18-16-14-12-10-8-6-4-2)63-95-79-75(93)72(90)77(67(61-84)97-79)100-81-76(94)73(91)78(68(62-85)98-81)99-80-74(92)71(89)70(88)66(60-83)96-80/h5,7,11,13,17,19,23,25,56,58,64-68,70-81,83-86,88-94H,3-4,6,8-10,12,14-16,18,20-22,24,26-55,57,59-63H2,1-2H3,(H,82,87)/b7-5-,13-11-,19-17-,25-23-,58-56+. The molecule has 584 valence electrons. The summed E-state index contributed by atoms with van der Waals surface area (Å²) in [6.45, 7) is 1.67. The minimum atomic E-state index is -1.98. The molecule has 19 nitrogen and oxygen atoms in total. The van der Waals surface area contributed by atoms with Gasteiger partial charge in [-0.25, -0.2) is 0 Å². The molecule has 3 aliphatic heterocycles. The average Bonchev–Trinajstić information content (AvgIpc) is 0.783. The van der Waals surface area contributed by atoms with E-state index in [9.17, 15) is 61.0 Å². The van der Waals surface area contributed by atoms with Crippen LogP contribution in [0.15, 0.2) is 60.8 Å². The molecule has 0 aromatic heterocycles. The molecule has 3 rings (SSSR count). The lowest BCUT2D eigenvalue weighted by Crippen LogP contribution is -2.66. The van der Waals surface area contributed by atoms with E-state index in [0.29, 0.717) is 6.42 Å². The van der Waals surface area contributed by atoms with Crippen LogP contribution in [0.4, 0.5) is 0 Å². The van der Waals surface area contributed by atoms with E-state index in [1.54, 1.807) is 6.08 Å². The van der Waals surface area contributed by atoms with Crippen LogP contribution in [0.3, 0.4) is 0 Å². The first kappa shape index (κ1) is 91.7. The Bertz CT molecular complexity index is 2040. The largest absolute Gasteiger partial charge is 0.394 e. The molecule has 0 bridgehead atoms. The summed E-state index contributed by atoms with van der Waals surface area (Å²) in [5, 5.41) is 121. The molecule has 3 heterocycles. The Balaban J connectivity index is 1.36. The van der Waals surface area contributed by atoms with E-state index in [1.165, 1.54) is 218 Å². The maximum absolute atomic E-state index is 13.5. The third-order valence-electron chi connectivity index (χ3n) is 20.1. The fourth-order valence-electron chi connectivity index (χ4n) is 13.6. The van der Waals surface area contributed by atoms with E-state index in [0.717, 1.165) is 70.6 Å². The molecule has 3 saturated heterocycles. The number of amides is 1. The topological polar surface area (TPSA) is 307 Å². The van der Waals surface area contributed by atoms with Crippen molar-refractivity contribution in [3.05, 3.63) is 60.8 Å². The Morgan fingerprint density at radius 3 is 1.08 bits per heavy atom. The maximum Gasteiger partial charge on any atom is 0.220 e. The zero-order valence-corrected chi connectivity index (χ0v) is 62.4. The summed E-state index contributed by atoms with van der Waals surface area (Å²) >= 11 is 0. The van der Waals surface area contributed by atoms with Gasteiger partial charge in [0, 0.05) is 6.42 Å². The summed E-state index contributed by atoms with van der Waals surface area (Å²) in [5.41, 5.74) is 0. The number of hydrogen-bond acceptors (Lipinski definition) is 18. The number of allylic oxidation sites excluding steroid dienone is 9. The number of aliphatic hydroxyl groups excluding tert-OH is 11. The summed E-state index contributed by atoms with van der Waals surface area (Å²) in [5.74, 6) is -0.271. The molecule has 3 fully saturated rings. The Labute approximate surface area is 605 Å². The van der Waals surface area contributed by atoms with Crippen LogP contribution < -0.4 is 5.32 Å². The van der Waals surface area contributed by atoms with Gasteiger partial charge in [-0.2, -0.15) is 0 Å². The minimum Gasteiger partial charge on any atom is -0.394 e. The lowest BCUT2D eigenvalue weighted by molar-refractivity contribution is -0.379. The summed E-state index contributed by atoms with van der Waals surface area (Å²) < 4.78 is 34.5. The molecular formula is C81H147NO18. The van der Waals surface area contributed by atoms with Gasteiger partial charge in [-0.1, -0.05) is 312 Å². The van der Waals surface area contributed by atoms with Gasteiger partial charge in [0.25, 0.3) is 0 Å². The summed E-state index contributed by atoms with van der Waals surface area (Å²) in [6, 6.07) is -0.975. The average molecular weight is 1420 g/mol. The van der Waals surface area contributed by atoms with Crippen LogP contribution in [-0.4, -0.2) is 193 Å². The van der Waals surface area contributed by atoms with Crippen molar-refractivity contribution in [1.29, 1.82) is 0 Å². The van der Waals surface area contributed by atoms with E-state index in [-0.39, 0.29) is 18.9 Å². The molecular weight excluding hydrogens is 1270 g/mol. The predicted octanol–water partition coefficient (Wildman–Crippen LogP) is 13.5. The highest BCUT2D eigenvalue weighted by Gasteiger charge is 2.54. The van der Waals surface area contributed by atoms with Crippen molar-refractivity contribution in [2.24, 2.45) is 0 Å². The van der Waals surface area contributed by atoms with Crippen molar-refractivity contribution in [2.45, 2.75) is 420 Å². The monoisotopic (exact) mass is 1420 g/mol. The lowest BCUT2D eigenvalue weighted by Gasteiger charge is -2.48. The quantitative estimate of drug-likeness (QED) is 0.0199. The highest BCUT2D eigenvalue weighted by atomic mass is 16.8. The third kappa shape index (κ3) is 41.4. The second kappa shape index (κ2) is 61.6. The molecule has 0 aliphatic carbocycles. The van der Waals surface area contributed by atoms with Gasteiger partial charge in [-0.15, -0.1) is 0 Å². The van der Waals surface area contributed by atoms with Crippen molar-refractivity contribution >= 4 is 5.91 Å². The first-order valence-corrected chi connectivity index (χ1v) is 40.5. The van der Waals surface area contributed by atoms with Gasteiger partial charge in [-0.3, -0.25) is 4.79 Å². The van der Waals surface area contributed by atoms with E-state index in [2.05, 4.69) is 67.8 Å².